The van der Waals surface area contributed by atoms with Crippen molar-refractivity contribution in [3.8, 4) is 5.69 Å². The van der Waals surface area contributed by atoms with E-state index in [1.54, 1.807) is 19.0 Å². The summed E-state index contributed by atoms with van der Waals surface area (Å²) in [5.74, 6) is 1.18. The molecule has 0 aliphatic heterocycles. The zero-order chi connectivity index (χ0) is 16.6. The summed E-state index contributed by atoms with van der Waals surface area (Å²) in [5, 5.41) is 0. The SMILES string of the molecule is CC[n+]1c(C)n(-c2ccccc2)c2ccc(C(=O)N(C)C)cc21.[I-]. The Labute approximate surface area is 159 Å². The molecule has 0 saturated heterocycles. The average Bonchev–Trinajstić information content (AvgIpc) is 2.85. The second-order valence-corrected chi connectivity index (χ2v) is 5.87. The molecule has 0 aliphatic rings. The number of amides is 1. The van der Waals surface area contributed by atoms with Crippen molar-refractivity contribution in [1.29, 1.82) is 0 Å². The number of para-hydroxylation sites is 1. The first-order valence-corrected chi connectivity index (χ1v) is 7.86. The molecule has 126 valence electrons. The fourth-order valence-electron chi connectivity index (χ4n) is 3.09. The van der Waals surface area contributed by atoms with Crippen molar-refractivity contribution in [2.75, 3.05) is 14.1 Å². The molecule has 0 bridgehead atoms. The number of nitrogens with zero attached hydrogens (tertiary/aromatic N) is 3. The van der Waals surface area contributed by atoms with Gasteiger partial charge in [0.15, 0.2) is 11.0 Å². The van der Waals surface area contributed by atoms with E-state index in [1.807, 2.05) is 36.4 Å². The predicted molar refractivity (Wildman–Crippen MR) is 91.9 cm³/mol. The summed E-state index contributed by atoms with van der Waals surface area (Å²) in [6.45, 7) is 5.11. The number of benzene rings is 2. The molecule has 3 aromatic rings. The monoisotopic (exact) mass is 435 g/mol. The first kappa shape index (κ1) is 18.4. The van der Waals surface area contributed by atoms with Gasteiger partial charge in [-0.2, -0.15) is 4.57 Å². The van der Waals surface area contributed by atoms with Crippen LogP contribution in [-0.2, 0) is 6.54 Å². The average molecular weight is 435 g/mol. The highest BCUT2D eigenvalue weighted by atomic mass is 127. The van der Waals surface area contributed by atoms with Crippen LogP contribution in [0.1, 0.15) is 23.1 Å². The fraction of sp³-hybridized carbons (Fsp3) is 0.263. The number of fused-ring (bicyclic) bond motifs is 1. The predicted octanol–water partition coefficient (Wildman–Crippen LogP) is -0.0479. The number of halogens is 1. The van der Waals surface area contributed by atoms with E-state index in [4.69, 9.17) is 0 Å². The summed E-state index contributed by atoms with van der Waals surface area (Å²) in [7, 11) is 3.56. The molecule has 4 nitrogen and oxygen atoms in total. The molecule has 0 saturated carbocycles. The number of aryl methyl sites for hydroxylation is 1. The van der Waals surface area contributed by atoms with E-state index < -0.39 is 0 Å². The molecule has 0 unspecified atom stereocenters. The zero-order valence-electron chi connectivity index (χ0n) is 14.5. The Balaban J connectivity index is 0.00000208. The zero-order valence-corrected chi connectivity index (χ0v) is 16.6. The molecular formula is C19H22IN3O. The molecule has 0 spiro atoms. The lowest BCUT2D eigenvalue weighted by Gasteiger charge is -2.09. The van der Waals surface area contributed by atoms with Gasteiger partial charge in [-0.1, -0.05) is 18.2 Å². The van der Waals surface area contributed by atoms with Crippen LogP contribution in [0, 0.1) is 6.92 Å². The smallest absolute Gasteiger partial charge is 0.259 e. The van der Waals surface area contributed by atoms with Gasteiger partial charge in [0.1, 0.15) is 5.69 Å². The van der Waals surface area contributed by atoms with Gasteiger partial charge in [-0.05, 0) is 31.2 Å². The number of rotatable bonds is 3. The summed E-state index contributed by atoms with van der Waals surface area (Å²) in [6.07, 6.45) is 0. The van der Waals surface area contributed by atoms with E-state index in [-0.39, 0.29) is 29.9 Å². The van der Waals surface area contributed by atoms with Gasteiger partial charge in [0.05, 0.1) is 6.54 Å². The Bertz CT molecular complexity index is 869. The number of imidazole rings is 1. The molecule has 3 rings (SSSR count). The number of hydrogen-bond acceptors (Lipinski definition) is 1. The first-order valence-electron chi connectivity index (χ1n) is 7.86. The van der Waals surface area contributed by atoms with Gasteiger partial charge in [0.2, 0.25) is 0 Å². The van der Waals surface area contributed by atoms with Gasteiger partial charge in [-0.3, -0.25) is 4.79 Å². The van der Waals surface area contributed by atoms with Crippen LogP contribution >= 0.6 is 0 Å². The molecule has 1 heterocycles. The van der Waals surface area contributed by atoms with Crippen molar-refractivity contribution in [3.63, 3.8) is 0 Å². The Hall–Kier alpha value is -1.89. The Kier molecular flexibility index (Phi) is 5.64. The third-order valence-electron chi connectivity index (χ3n) is 4.21. The first-order chi connectivity index (χ1) is 11.0. The molecule has 24 heavy (non-hydrogen) atoms. The minimum absolute atomic E-state index is 0. The van der Waals surface area contributed by atoms with E-state index in [2.05, 4.69) is 35.1 Å². The summed E-state index contributed by atoms with van der Waals surface area (Å²) in [6, 6.07) is 16.2. The Morgan fingerprint density at radius 1 is 1.12 bits per heavy atom. The number of carbonyl (C=O) groups excluding carboxylic acids is 1. The largest absolute Gasteiger partial charge is 1.00 e. The van der Waals surface area contributed by atoms with Crippen molar-refractivity contribution in [3.05, 3.63) is 59.9 Å². The van der Waals surface area contributed by atoms with Gasteiger partial charge in [0, 0.05) is 32.6 Å². The van der Waals surface area contributed by atoms with Crippen LogP contribution in [0.4, 0.5) is 0 Å². The summed E-state index contributed by atoms with van der Waals surface area (Å²) in [4.78, 5) is 13.9. The molecule has 5 heteroatoms. The topological polar surface area (TPSA) is 29.1 Å². The second-order valence-electron chi connectivity index (χ2n) is 5.87. The molecule has 0 radical (unpaired) electrons. The van der Waals surface area contributed by atoms with E-state index in [0.29, 0.717) is 0 Å². The van der Waals surface area contributed by atoms with E-state index in [9.17, 15) is 4.79 Å². The van der Waals surface area contributed by atoms with Crippen molar-refractivity contribution in [1.82, 2.24) is 9.47 Å². The minimum atomic E-state index is 0. The quantitative estimate of drug-likeness (QED) is 0.419. The molecule has 0 atom stereocenters. The summed E-state index contributed by atoms with van der Waals surface area (Å²) >= 11 is 0. The highest BCUT2D eigenvalue weighted by molar-refractivity contribution is 5.96. The van der Waals surface area contributed by atoms with Gasteiger partial charge < -0.3 is 28.9 Å². The molecule has 0 aliphatic carbocycles. The maximum Gasteiger partial charge on any atom is 0.259 e. The molecular weight excluding hydrogens is 413 g/mol. The van der Waals surface area contributed by atoms with Gasteiger partial charge in [-0.25, -0.2) is 4.57 Å². The van der Waals surface area contributed by atoms with Crippen molar-refractivity contribution < 1.29 is 33.3 Å². The fourth-order valence-corrected chi connectivity index (χ4v) is 3.09. The van der Waals surface area contributed by atoms with Crippen LogP contribution < -0.4 is 28.5 Å². The number of carbonyl (C=O) groups is 1. The van der Waals surface area contributed by atoms with E-state index >= 15 is 0 Å². The maximum absolute atomic E-state index is 12.3. The second kappa shape index (κ2) is 7.34. The lowest BCUT2D eigenvalue weighted by Crippen LogP contribution is -3.00. The standard InChI is InChI=1S/C19H22N3O.HI/c1-5-21-14(2)22(16-9-7-6-8-10-16)17-12-11-15(13-18(17)21)19(23)20(3)4;/h6-13H,5H2,1-4H3;1H/q+1;/p-1. The third-order valence-corrected chi connectivity index (χ3v) is 4.21. The molecule has 2 aromatic carbocycles. The maximum atomic E-state index is 12.3. The van der Waals surface area contributed by atoms with Crippen LogP contribution in [-0.4, -0.2) is 29.5 Å². The van der Waals surface area contributed by atoms with E-state index in [0.717, 1.165) is 34.7 Å². The van der Waals surface area contributed by atoms with Crippen LogP contribution in [0.15, 0.2) is 48.5 Å². The third kappa shape index (κ3) is 3.05. The highest BCUT2D eigenvalue weighted by Crippen LogP contribution is 2.21. The van der Waals surface area contributed by atoms with E-state index in [1.165, 1.54) is 0 Å². The van der Waals surface area contributed by atoms with Gasteiger partial charge in [-0.15, -0.1) is 0 Å². The minimum Gasteiger partial charge on any atom is -1.00 e. The van der Waals surface area contributed by atoms with Crippen LogP contribution in [0.3, 0.4) is 0 Å². The lowest BCUT2D eigenvalue weighted by atomic mass is 10.1. The Morgan fingerprint density at radius 3 is 2.38 bits per heavy atom. The molecule has 1 amide bonds. The van der Waals surface area contributed by atoms with Crippen molar-refractivity contribution in [2.45, 2.75) is 20.4 Å². The number of aromatic nitrogens is 2. The van der Waals surface area contributed by atoms with Crippen LogP contribution in [0.2, 0.25) is 0 Å². The van der Waals surface area contributed by atoms with Gasteiger partial charge >= 0.3 is 0 Å². The lowest BCUT2D eigenvalue weighted by molar-refractivity contribution is -0.674. The van der Waals surface area contributed by atoms with Gasteiger partial charge in [0.25, 0.3) is 11.7 Å². The summed E-state index contributed by atoms with van der Waals surface area (Å²) < 4.78 is 4.48. The molecule has 1 aromatic heterocycles. The molecule has 0 fully saturated rings. The van der Waals surface area contributed by atoms with Crippen LogP contribution in [0.5, 0.6) is 0 Å². The highest BCUT2D eigenvalue weighted by Gasteiger charge is 2.23. The van der Waals surface area contributed by atoms with Crippen molar-refractivity contribution >= 4 is 16.9 Å². The normalized spacial score (nSPS) is 10.5. The van der Waals surface area contributed by atoms with Crippen molar-refractivity contribution in [2.24, 2.45) is 0 Å². The molecule has 0 N–H and O–H groups in total. The number of hydrogen-bond donors (Lipinski definition) is 0. The van der Waals surface area contributed by atoms with Crippen LogP contribution in [0.25, 0.3) is 16.7 Å². The summed E-state index contributed by atoms with van der Waals surface area (Å²) in [5.41, 5.74) is 4.05. The Morgan fingerprint density at radius 2 is 1.79 bits per heavy atom.